The molecule has 0 spiro atoms. The molecule has 0 saturated carbocycles. The Labute approximate surface area is 78.1 Å². The van der Waals surface area contributed by atoms with Crippen molar-refractivity contribution < 1.29 is 4.74 Å². The molecular weight excluding hydrogens is 166 g/mol. The van der Waals surface area contributed by atoms with Crippen molar-refractivity contribution in [3.63, 3.8) is 0 Å². The second-order valence-electron chi connectivity index (χ2n) is 3.12. The van der Waals surface area contributed by atoms with Crippen LogP contribution in [0.3, 0.4) is 0 Å². The van der Waals surface area contributed by atoms with Crippen molar-refractivity contribution in [1.82, 2.24) is 9.97 Å². The Hall–Kier alpha value is -1.16. The maximum absolute atomic E-state index is 5.51. The summed E-state index contributed by atoms with van der Waals surface area (Å²) in [5, 5.41) is 0. The number of nitrogens with zero attached hydrogens (tertiary/aromatic N) is 2. The van der Waals surface area contributed by atoms with Gasteiger partial charge in [-0.15, -0.1) is 0 Å². The molecule has 1 aromatic rings. The molecule has 13 heavy (non-hydrogen) atoms. The van der Waals surface area contributed by atoms with E-state index in [-0.39, 0.29) is 0 Å². The van der Waals surface area contributed by atoms with Crippen LogP contribution in [0.5, 0.6) is 6.01 Å². The van der Waals surface area contributed by atoms with Crippen LogP contribution in [0.4, 0.5) is 0 Å². The highest BCUT2D eigenvalue weighted by Gasteiger charge is 2.02. The van der Waals surface area contributed by atoms with Crippen LogP contribution in [0.1, 0.15) is 12.5 Å². The molecule has 0 fully saturated rings. The molecule has 1 aromatic heterocycles. The Morgan fingerprint density at radius 3 is 2.54 bits per heavy atom. The second-order valence-corrected chi connectivity index (χ2v) is 3.12. The first-order valence-electron chi connectivity index (χ1n) is 4.31. The molecule has 1 atom stereocenters. The number of aromatic nitrogens is 2. The minimum Gasteiger partial charge on any atom is -0.467 e. The summed E-state index contributed by atoms with van der Waals surface area (Å²) in [5.74, 6) is 0.469. The van der Waals surface area contributed by atoms with Gasteiger partial charge in [-0.05, 0) is 24.4 Å². The molecule has 2 N–H and O–H groups in total. The normalized spacial score (nSPS) is 12.5. The molecule has 1 rings (SSSR count). The number of hydrogen-bond acceptors (Lipinski definition) is 4. The van der Waals surface area contributed by atoms with Crippen LogP contribution in [0.2, 0.25) is 0 Å². The highest BCUT2D eigenvalue weighted by molar-refractivity contribution is 5.08. The fourth-order valence-electron chi connectivity index (χ4n) is 1.04. The van der Waals surface area contributed by atoms with Crippen molar-refractivity contribution in [3.05, 3.63) is 18.0 Å². The molecule has 0 radical (unpaired) electrons. The van der Waals surface area contributed by atoms with E-state index in [4.69, 9.17) is 10.5 Å². The van der Waals surface area contributed by atoms with Gasteiger partial charge in [0, 0.05) is 12.4 Å². The summed E-state index contributed by atoms with van der Waals surface area (Å²) < 4.78 is 4.85. The smallest absolute Gasteiger partial charge is 0.316 e. The zero-order valence-corrected chi connectivity index (χ0v) is 8.03. The van der Waals surface area contributed by atoms with Gasteiger partial charge in [-0.3, -0.25) is 0 Å². The zero-order valence-electron chi connectivity index (χ0n) is 8.03. The van der Waals surface area contributed by atoms with Crippen LogP contribution in [-0.2, 0) is 6.42 Å². The lowest BCUT2D eigenvalue weighted by molar-refractivity contribution is 0.379. The average Bonchev–Trinajstić information content (AvgIpc) is 2.19. The highest BCUT2D eigenvalue weighted by atomic mass is 16.5. The summed E-state index contributed by atoms with van der Waals surface area (Å²) in [6.07, 6.45) is 4.47. The molecule has 0 aromatic carbocycles. The van der Waals surface area contributed by atoms with E-state index in [1.165, 1.54) is 0 Å². The van der Waals surface area contributed by atoms with Gasteiger partial charge >= 0.3 is 6.01 Å². The molecule has 0 aliphatic rings. The van der Waals surface area contributed by atoms with E-state index in [2.05, 4.69) is 16.9 Å². The number of methoxy groups -OCH3 is 1. The first-order valence-corrected chi connectivity index (χ1v) is 4.31. The van der Waals surface area contributed by atoms with E-state index in [9.17, 15) is 0 Å². The van der Waals surface area contributed by atoms with Crippen LogP contribution in [0, 0.1) is 5.92 Å². The largest absolute Gasteiger partial charge is 0.467 e. The van der Waals surface area contributed by atoms with E-state index < -0.39 is 0 Å². The standard InChI is InChI=1S/C9H15N3O/c1-7(4-10)3-8-5-11-9(13-2)12-6-8/h5-7H,3-4,10H2,1-2H3. The Morgan fingerprint density at radius 2 is 2.08 bits per heavy atom. The SMILES string of the molecule is COc1ncc(CC(C)CN)cn1. The van der Waals surface area contributed by atoms with Crippen molar-refractivity contribution >= 4 is 0 Å². The third-order valence-corrected chi connectivity index (χ3v) is 1.85. The minimum atomic E-state index is 0.407. The van der Waals surface area contributed by atoms with Crippen LogP contribution in [0.15, 0.2) is 12.4 Å². The lowest BCUT2D eigenvalue weighted by atomic mass is 10.0. The quantitative estimate of drug-likeness (QED) is 0.739. The molecular formula is C9H15N3O. The van der Waals surface area contributed by atoms with Gasteiger partial charge in [0.05, 0.1) is 7.11 Å². The van der Waals surface area contributed by atoms with Gasteiger partial charge in [0.1, 0.15) is 0 Å². The van der Waals surface area contributed by atoms with E-state index in [1.807, 2.05) is 0 Å². The summed E-state index contributed by atoms with van der Waals surface area (Å²) in [6, 6.07) is 0.407. The fraction of sp³-hybridized carbons (Fsp3) is 0.556. The van der Waals surface area contributed by atoms with Crippen LogP contribution < -0.4 is 10.5 Å². The van der Waals surface area contributed by atoms with Gasteiger partial charge < -0.3 is 10.5 Å². The first kappa shape index (κ1) is 9.92. The van der Waals surface area contributed by atoms with Gasteiger partial charge in [-0.25, -0.2) is 9.97 Å². The van der Waals surface area contributed by atoms with E-state index >= 15 is 0 Å². The molecule has 72 valence electrons. The van der Waals surface area contributed by atoms with Crippen LogP contribution in [-0.4, -0.2) is 23.6 Å². The van der Waals surface area contributed by atoms with Crippen molar-refractivity contribution in [2.45, 2.75) is 13.3 Å². The maximum atomic E-state index is 5.51. The Morgan fingerprint density at radius 1 is 1.46 bits per heavy atom. The van der Waals surface area contributed by atoms with Crippen molar-refractivity contribution in [3.8, 4) is 6.01 Å². The first-order chi connectivity index (χ1) is 6.26. The Balaban J connectivity index is 2.58. The summed E-state index contributed by atoms with van der Waals surface area (Å²) >= 11 is 0. The molecule has 0 amide bonds. The predicted molar refractivity (Wildman–Crippen MR) is 50.5 cm³/mol. The monoisotopic (exact) mass is 181 g/mol. The average molecular weight is 181 g/mol. The second kappa shape index (κ2) is 4.77. The fourth-order valence-corrected chi connectivity index (χ4v) is 1.04. The molecule has 4 nitrogen and oxygen atoms in total. The summed E-state index contributed by atoms with van der Waals surface area (Å²) in [6.45, 7) is 2.79. The number of nitrogens with two attached hydrogens (primary N) is 1. The third kappa shape index (κ3) is 2.99. The maximum Gasteiger partial charge on any atom is 0.316 e. The number of rotatable bonds is 4. The van der Waals surface area contributed by atoms with E-state index in [1.54, 1.807) is 19.5 Å². The minimum absolute atomic E-state index is 0.407. The summed E-state index contributed by atoms with van der Waals surface area (Å²) in [7, 11) is 1.55. The molecule has 0 bridgehead atoms. The van der Waals surface area contributed by atoms with Gasteiger partial charge in [0.25, 0.3) is 0 Å². The van der Waals surface area contributed by atoms with Gasteiger partial charge in [-0.2, -0.15) is 0 Å². The van der Waals surface area contributed by atoms with Gasteiger partial charge in [0.15, 0.2) is 0 Å². The van der Waals surface area contributed by atoms with E-state index in [0.717, 1.165) is 12.0 Å². The summed E-state index contributed by atoms with van der Waals surface area (Å²) in [4.78, 5) is 8.02. The highest BCUT2D eigenvalue weighted by Crippen LogP contribution is 2.07. The van der Waals surface area contributed by atoms with Crippen molar-refractivity contribution in [1.29, 1.82) is 0 Å². The molecule has 1 heterocycles. The Kier molecular flexibility index (Phi) is 3.64. The molecule has 0 aliphatic carbocycles. The molecule has 4 heteroatoms. The third-order valence-electron chi connectivity index (χ3n) is 1.85. The number of hydrogen-bond donors (Lipinski definition) is 1. The number of ether oxygens (including phenoxy) is 1. The van der Waals surface area contributed by atoms with E-state index in [0.29, 0.717) is 18.5 Å². The van der Waals surface area contributed by atoms with Crippen LogP contribution >= 0.6 is 0 Å². The zero-order chi connectivity index (χ0) is 9.68. The van der Waals surface area contributed by atoms with Crippen molar-refractivity contribution in [2.24, 2.45) is 11.7 Å². The van der Waals surface area contributed by atoms with Crippen molar-refractivity contribution in [2.75, 3.05) is 13.7 Å². The van der Waals surface area contributed by atoms with Gasteiger partial charge in [0.2, 0.25) is 0 Å². The molecule has 0 saturated heterocycles. The van der Waals surface area contributed by atoms with Gasteiger partial charge in [-0.1, -0.05) is 6.92 Å². The topological polar surface area (TPSA) is 61.0 Å². The predicted octanol–water partition coefficient (Wildman–Crippen LogP) is 0.622. The lowest BCUT2D eigenvalue weighted by Crippen LogP contribution is -2.13. The molecule has 0 aliphatic heterocycles. The summed E-state index contributed by atoms with van der Waals surface area (Å²) in [5.41, 5.74) is 6.61. The molecule has 1 unspecified atom stereocenters. The Bertz CT molecular complexity index is 248. The lowest BCUT2D eigenvalue weighted by Gasteiger charge is -2.07. The van der Waals surface area contributed by atoms with Crippen LogP contribution in [0.25, 0.3) is 0 Å².